The van der Waals surface area contributed by atoms with Crippen LogP contribution in [0.3, 0.4) is 0 Å². The van der Waals surface area contributed by atoms with Crippen molar-refractivity contribution < 1.29 is 19.1 Å². The lowest BCUT2D eigenvalue weighted by Crippen LogP contribution is -2.56. The molecule has 0 aromatic heterocycles. The lowest BCUT2D eigenvalue weighted by molar-refractivity contribution is -0.129. The topological polar surface area (TPSA) is 79.9 Å². The highest BCUT2D eigenvalue weighted by molar-refractivity contribution is 6.08. The Balaban J connectivity index is 1.52. The van der Waals surface area contributed by atoms with Crippen molar-refractivity contribution in [3.8, 4) is 16.9 Å². The number of carbonyl (C=O) groups is 2. The molecule has 0 atom stereocenters. The molecule has 0 radical (unpaired) electrons. The summed E-state index contributed by atoms with van der Waals surface area (Å²) in [6.45, 7) is 6.34. The van der Waals surface area contributed by atoms with Crippen LogP contribution in [0.25, 0.3) is 11.1 Å². The van der Waals surface area contributed by atoms with Gasteiger partial charge in [0.1, 0.15) is 5.75 Å². The lowest BCUT2D eigenvalue weighted by atomic mass is 10.0. The quantitative estimate of drug-likeness (QED) is 0.522. The van der Waals surface area contributed by atoms with Crippen molar-refractivity contribution in [1.82, 2.24) is 4.90 Å². The van der Waals surface area contributed by atoms with E-state index < -0.39 is 5.54 Å². The van der Waals surface area contributed by atoms with Crippen LogP contribution in [0.15, 0.2) is 72.8 Å². The highest BCUT2D eigenvalue weighted by atomic mass is 16.5. The first-order valence-electron chi connectivity index (χ1n) is 11.7. The minimum absolute atomic E-state index is 0.171. The molecular formula is C28H31N3O4. The van der Waals surface area contributed by atoms with E-state index in [2.05, 4.69) is 15.5 Å². The molecule has 1 aliphatic heterocycles. The summed E-state index contributed by atoms with van der Waals surface area (Å²) in [6.07, 6.45) is 0. The molecule has 4 rings (SSSR count). The minimum atomic E-state index is -0.749. The van der Waals surface area contributed by atoms with Crippen molar-refractivity contribution in [3.05, 3.63) is 78.4 Å². The molecule has 3 aromatic rings. The van der Waals surface area contributed by atoms with Gasteiger partial charge in [0, 0.05) is 24.7 Å². The van der Waals surface area contributed by atoms with Crippen molar-refractivity contribution in [3.63, 3.8) is 0 Å². The van der Waals surface area contributed by atoms with Gasteiger partial charge in [-0.2, -0.15) is 0 Å². The number of nitrogens with one attached hydrogen (secondary N) is 2. The number of morpholine rings is 1. The van der Waals surface area contributed by atoms with Gasteiger partial charge >= 0.3 is 0 Å². The Labute approximate surface area is 206 Å². The zero-order chi connectivity index (χ0) is 24.8. The second kappa shape index (κ2) is 10.7. The van der Waals surface area contributed by atoms with Crippen LogP contribution in [0.5, 0.6) is 5.75 Å². The fraction of sp³-hybridized carbons (Fsp3) is 0.286. The summed E-state index contributed by atoms with van der Waals surface area (Å²) in [5, 5.41) is 5.93. The maximum Gasteiger partial charge on any atom is 0.255 e. The van der Waals surface area contributed by atoms with Crippen molar-refractivity contribution >= 4 is 23.2 Å². The molecule has 0 spiro atoms. The average molecular weight is 474 g/mol. The molecule has 3 aromatic carbocycles. The van der Waals surface area contributed by atoms with E-state index in [0.29, 0.717) is 49.0 Å². The summed E-state index contributed by atoms with van der Waals surface area (Å²) in [4.78, 5) is 28.4. The molecule has 1 saturated heterocycles. The first-order valence-corrected chi connectivity index (χ1v) is 11.7. The molecule has 0 unspecified atom stereocenters. The maximum absolute atomic E-state index is 13.3. The number of methoxy groups -OCH3 is 1. The van der Waals surface area contributed by atoms with Gasteiger partial charge in [-0.3, -0.25) is 14.5 Å². The SMILES string of the molecule is COc1ccc(NC(=O)c2ccc(-c3ccccc3)cc2)c(NC(=O)C(C)(C)N2CCOCC2)c1. The Hall–Kier alpha value is -3.68. The Morgan fingerprint density at radius 3 is 2.17 bits per heavy atom. The smallest absolute Gasteiger partial charge is 0.255 e. The fourth-order valence-corrected chi connectivity index (χ4v) is 4.04. The van der Waals surface area contributed by atoms with Gasteiger partial charge in [-0.1, -0.05) is 42.5 Å². The first-order chi connectivity index (χ1) is 16.9. The van der Waals surface area contributed by atoms with Crippen LogP contribution in [0, 0.1) is 0 Å². The molecular weight excluding hydrogens is 442 g/mol. The van der Waals surface area contributed by atoms with E-state index in [1.54, 1.807) is 37.4 Å². The Bertz CT molecular complexity index is 1170. The van der Waals surface area contributed by atoms with Gasteiger partial charge in [-0.25, -0.2) is 0 Å². The zero-order valence-corrected chi connectivity index (χ0v) is 20.3. The molecule has 0 saturated carbocycles. The fourth-order valence-electron chi connectivity index (χ4n) is 4.04. The number of nitrogens with zero attached hydrogens (tertiary/aromatic N) is 1. The lowest BCUT2D eigenvalue weighted by Gasteiger charge is -2.39. The number of hydrogen-bond acceptors (Lipinski definition) is 5. The third-order valence-corrected chi connectivity index (χ3v) is 6.33. The number of anilines is 2. The standard InChI is InChI=1S/C28H31N3O4/c1-28(2,31-15-17-35-18-16-31)27(33)30-25-19-23(34-3)13-14-24(25)29-26(32)22-11-9-21(10-12-22)20-7-5-4-6-8-20/h4-14,19H,15-18H2,1-3H3,(H,29,32)(H,30,33). The monoisotopic (exact) mass is 473 g/mol. The van der Waals surface area contributed by atoms with E-state index >= 15 is 0 Å². The summed E-state index contributed by atoms with van der Waals surface area (Å²) in [7, 11) is 1.56. The third-order valence-electron chi connectivity index (χ3n) is 6.33. The predicted molar refractivity (Wildman–Crippen MR) is 138 cm³/mol. The second-order valence-corrected chi connectivity index (χ2v) is 8.92. The number of hydrogen-bond donors (Lipinski definition) is 2. The van der Waals surface area contributed by atoms with E-state index in [-0.39, 0.29) is 11.8 Å². The van der Waals surface area contributed by atoms with Crippen LogP contribution in [-0.2, 0) is 9.53 Å². The van der Waals surface area contributed by atoms with Gasteiger partial charge in [-0.15, -0.1) is 0 Å². The van der Waals surface area contributed by atoms with Gasteiger partial charge in [-0.05, 0) is 49.2 Å². The van der Waals surface area contributed by atoms with Gasteiger partial charge in [0.25, 0.3) is 5.91 Å². The molecule has 35 heavy (non-hydrogen) atoms. The number of rotatable bonds is 7. The number of ether oxygens (including phenoxy) is 2. The summed E-state index contributed by atoms with van der Waals surface area (Å²) in [5.41, 5.74) is 2.86. The number of amides is 2. The van der Waals surface area contributed by atoms with Gasteiger partial charge in [0.05, 0.1) is 37.2 Å². The van der Waals surface area contributed by atoms with Crippen molar-refractivity contribution in [2.75, 3.05) is 44.0 Å². The molecule has 0 aliphatic carbocycles. The van der Waals surface area contributed by atoms with Crippen LogP contribution >= 0.6 is 0 Å². The summed E-state index contributed by atoms with van der Waals surface area (Å²) >= 11 is 0. The summed E-state index contributed by atoms with van der Waals surface area (Å²) < 4.78 is 10.8. The molecule has 182 valence electrons. The highest BCUT2D eigenvalue weighted by Gasteiger charge is 2.35. The normalized spacial score (nSPS) is 14.3. The average Bonchev–Trinajstić information content (AvgIpc) is 2.90. The molecule has 2 amide bonds. The van der Waals surface area contributed by atoms with Crippen molar-refractivity contribution in [1.29, 1.82) is 0 Å². The van der Waals surface area contributed by atoms with E-state index in [1.165, 1.54) is 0 Å². The zero-order valence-electron chi connectivity index (χ0n) is 20.3. The Morgan fingerprint density at radius 2 is 1.51 bits per heavy atom. The van der Waals surface area contributed by atoms with Gasteiger partial charge < -0.3 is 20.1 Å². The van der Waals surface area contributed by atoms with Crippen molar-refractivity contribution in [2.24, 2.45) is 0 Å². The molecule has 1 heterocycles. The van der Waals surface area contributed by atoms with Crippen LogP contribution < -0.4 is 15.4 Å². The van der Waals surface area contributed by atoms with Crippen LogP contribution in [0.4, 0.5) is 11.4 Å². The summed E-state index contributed by atoms with van der Waals surface area (Å²) in [6, 6.07) is 22.6. The molecule has 7 nitrogen and oxygen atoms in total. The highest BCUT2D eigenvalue weighted by Crippen LogP contribution is 2.30. The summed E-state index contributed by atoms with van der Waals surface area (Å²) in [5.74, 6) is 0.141. The van der Waals surface area contributed by atoms with Crippen LogP contribution in [0.2, 0.25) is 0 Å². The van der Waals surface area contributed by atoms with Crippen LogP contribution in [0.1, 0.15) is 24.2 Å². The third kappa shape index (κ3) is 5.70. The Morgan fingerprint density at radius 1 is 0.857 bits per heavy atom. The van der Waals surface area contributed by atoms with Crippen LogP contribution in [-0.4, -0.2) is 55.7 Å². The Kier molecular flexibility index (Phi) is 7.48. The number of benzene rings is 3. The van der Waals surface area contributed by atoms with Crippen molar-refractivity contribution in [2.45, 2.75) is 19.4 Å². The molecule has 2 N–H and O–H groups in total. The van der Waals surface area contributed by atoms with Gasteiger partial charge in [0.2, 0.25) is 5.91 Å². The maximum atomic E-state index is 13.3. The minimum Gasteiger partial charge on any atom is -0.497 e. The van der Waals surface area contributed by atoms with E-state index in [9.17, 15) is 9.59 Å². The molecule has 0 bridgehead atoms. The first kappa shape index (κ1) is 24.4. The second-order valence-electron chi connectivity index (χ2n) is 8.92. The van der Waals surface area contributed by atoms with Gasteiger partial charge in [0.15, 0.2) is 0 Å². The largest absolute Gasteiger partial charge is 0.497 e. The van der Waals surface area contributed by atoms with E-state index in [4.69, 9.17) is 9.47 Å². The predicted octanol–water partition coefficient (Wildman–Crippen LogP) is 4.66. The number of carbonyl (C=O) groups excluding carboxylic acids is 2. The van der Waals surface area contributed by atoms with E-state index in [1.807, 2.05) is 56.3 Å². The molecule has 1 fully saturated rings. The molecule has 7 heteroatoms. The molecule has 1 aliphatic rings. The van der Waals surface area contributed by atoms with E-state index in [0.717, 1.165) is 11.1 Å².